The number of nitrogens with two attached hydrogens (primary N) is 1. The third kappa shape index (κ3) is 2.46. The van der Waals surface area contributed by atoms with E-state index in [0.29, 0.717) is 5.02 Å². The minimum atomic E-state index is 0.0252. The molecule has 0 aliphatic rings. The van der Waals surface area contributed by atoms with Crippen LogP contribution in [0.2, 0.25) is 5.02 Å². The van der Waals surface area contributed by atoms with Crippen LogP contribution in [-0.4, -0.2) is 4.98 Å². The Morgan fingerprint density at radius 3 is 2.81 bits per heavy atom. The summed E-state index contributed by atoms with van der Waals surface area (Å²) in [6.45, 7) is 1.95. The molecule has 84 valence electrons. The largest absolute Gasteiger partial charge is 0.323 e. The maximum absolute atomic E-state index is 6.04. The van der Waals surface area contributed by atoms with E-state index >= 15 is 0 Å². The van der Waals surface area contributed by atoms with E-state index in [1.807, 2.05) is 31.3 Å². The highest BCUT2D eigenvalue weighted by Gasteiger charge is 2.08. The van der Waals surface area contributed by atoms with Gasteiger partial charge in [0.25, 0.3) is 0 Å². The summed E-state index contributed by atoms with van der Waals surface area (Å²) in [6.07, 6.45) is 1.82. The van der Waals surface area contributed by atoms with Gasteiger partial charge in [-0.3, -0.25) is 0 Å². The van der Waals surface area contributed by atoms with E-state index in [1.165, 1.54) is 0 Å². The smallest absolute Gasteiger partial charge is 0.123 e. The van der Waals surface area contributed by atoms with Gasteiger partial charge in [-0.15, -0.1) is 11.3 Å². The van der Waals surface area contributed by atoms with Crippen molar-refractivity contribution in [2.75, 3.05) is 0 Å². The standard InChI is InChI=1S/C11H10BrClN2S/c1-6(14)10-5-15-11(16-10)7-2-3-8(12)9(13)4-7/h2-6H,14H2,1H3. The molecule has 2 rings (SSSR count). The Morgan fingerprint density at radius 1 is 1.50 bits per heavy atom. The van der Waals surface area contributed by atoms with Gasteiger partial charge in [-0.2, -0.15) is 0 Å². The highest BCUT2D eigenvalue weighted by molar-refractivity contribution is 9.10. The summed E-state index contributed by atoms with van der Waals surface area (Å²) in [6, 6.07) is 5.83. The monoisotopic (exact) mass is 316 g/mol. The molecule has 2 nitrogen and oxygen atoms in total. The van der Waals surface area contributed by atoms with Gasteiger partial charge in [0.05, 0.1) is 5.02 Å². The molecule has 0 amide bonds. The molecule has 1 aromatic carbocycles. The maximum Gasteiger partial charge on any atom is 0.123 e. The van der Waals surface area contributed by atoms with Gasteiger partial charge < -0.3 is 5.73 Å². The molecule has 5 heteroatoms. The number of aromatic nitrogens is 1. The van der Waals surface area contributed by atoms with Crippen molar-refractivity contribution in [1.82, 2.24) is 4.98 Å². The molecule has 1 aromatic heterocycles. The van der Waals surface area contributed by atoms with Crippen LogP contribution in [0.3, 0.4) is 0 Å². The van der Waals surface area contributed by atoms with E-state index in [2.05, 4.69) is 20.9 Å². The van der Waals surface area contributed by atoms with Crippen LogP contribution in [-0.2, 0) is 0 Å². The normalized spacial score (nSPS) is 12.8. The Balaban J connectivity index is 2.39. The van der Waals surface area contributed by atoms with Crippen LogP contribution in [0.1, 0.15) is 17.8 Å². The number of nitrogens with zero attached hydrogens (tertiary/aromatic N) is 1. The molecule has 0 saturated carbocycles. The minimum Gasteiger partial charge on any atom is -0.323 e. The highest BCUT2D eigenvalue weighted by atomic mass is 79.9. The number of halogens is 2. The summed E-state index contributed by atoms with van der Waals surface area (Å²) in [5.74, 6) is 0. The molecule has 0 radical (unpaired) electrons. The van der Waals surface area contributed by atoms with Crippen molar-refractivity contribution in [1.29, 1.82) is 0 Å². The predicted octanol–water partition coefficient (Wildman–Crippen LogP) is 4.25. The first-order valence-corrected chi connectivity index (χ1v) is 6.73. The average Bonchev–Trinajstić information content (AvgIpc) is 2.71. The van der Waals surface area contributed by atoms with E-state index in [0.717, 1.165) is 19.9 Å². The molecule has 0 aliphatic heterocycles. The Bertz CT molecular complexity index is 510. The minimum absolute atomic E-state index is 0.0252. The quantitative estimate of drug-likeness (QED) is 0.899. The van der Waals surface area contributed by atoms with E-state index < -0.39 is 0 Å². The zero-order valence-electron chi connectivity index (χ0n) is 8.58. The topological polar surface area (TPSA) is 38.9 Å². The van der Waals surface area contributed by atoms with Crippen LogP contribution in [0.4, 0.5) is 0 Å². The van der Waals surface area contributed by atoms with Gasteiger partial charge in [0.1, 0.15) is 5.01 Å². The lowest BCUT2D eigenvalue weighted by atomic mass is 10.2. The first-order chi connectivity index (χ1) is 7.58. The fourth-order valence-electron chi connectivity index (χ4n) is 1.26. The van der Waals surface area contributed by atoms with Gasteiger partial charge in [-0.05, 0) is 35.0 Å². The zero-order chi connectivity index (χ0) is 11.7. The van der Waals surface area contributed by atoms with E-state index in [9.17, 15) is 0 Å². The van der Waals surface area contributed by atoms with Gasteiger partial charge in [-0.25, -0.2) is 4.98 Å². The van der Waals surface area contributed by atoms with E-state index in [4.69, 9.17) is 17.3 Å². The fraction of sp³-hybridized carbons (Fsp3) is 0.182. The Labute approximate surface area is 112 Å². The molecule has 1 heterocycles. The van der Waals surface area contributed by atoms with Gasteiger partial charge in [0.15, 0.2) is 0 Å². The molecular formula is C11H10BrClN2S. The van der Waals surface area contributed by atoms with Crippen LogP contribution in [0.25, 0.3) is 10.6 Å². The van der Waals surface area contributed by atoms with E-state index in [-0.39, 0.29) is 6.04 Å². The Kier molecular flexibility index (Phi) is 3.64. The third-order valence-corrected chi connectivity index (χ3v) is 4.62. The van der Waals surface area contributed by atoms with Gasteiger partial charge >= 0.3 is 0 Å². The number of benzene rings is 1. The average molecular weight is 318 g/mol. The number of thiazole rings is 1. The van der Waals surface area contributed by atoms with Crippen LogP contribution in [0.15, 0.2) is 28.9 Å². The van der Waals surface area contributed by atoms with Crippen LogP contribution in [0, 0.1) is 0 Å². The summed E-state index contributed by atoms with van der Waals surface area (Å²) in [5.41, 5.74) is 6.81. The second-order valence-corrected chi connectivity index (χ2v) is 5.81. The maximum atomic E-state index is 6.04. The molecule has 1 atom stereocenters. The Hall–Kier alpha value is -0.420. The predicted molar refractivity (Wildman–Crippen MR) is 72.9 cm³/mol. The molecule has 16 heavy (non-hydrogen) atoms. The first kappa shape index (κ1) is 12.0. The van der Waals surface area contributed by atoms with Crippen LogP contribution in [0.5, 0.6) is 0 Å². The lowest BCUT2D eigenvalue weighted by molar-refractivity contribution is 0.835. The van der Waals surface area contributed by atoms with Gasteiger partial charge in [0, 0.05) is 27.2 Å². The second kappa shape index (κ2) is 4.84. The summed E-state index contributed by atoms with van der Waals surface area (Å²) in [5, 5.41) is 1.64. The molecule has 0 saturated heterocycles. The molecule has 0 bridgehead atoms. The van der Waals surface area contributed by atoms with Crippen molar-refractivity contribution in [2.24, 2.45) is 5.73 Å². The van der Waals surface area contributed by atoms with Crippen molar-refractivity contribution in [3.8, 4) is 10.6 Å². The summed E-state index contributed by atoms with van der Waals surface area (Å²) in [7, 11) is 0. The molecule has 0 aliphatic carbocycles. The number of rotatable bonds is 2. The third-order valence-electron chi connectivity index (χ3n) is 2.14. The summed E-state index contributed by atoms with van der Waals surface area (Å²) >= 11 is 11.0. The second-order valence-electron chi connectivity index (χ2n) is 3.49. The highest BCUT2D eigenvalue weighted by Crippen LogP contribution is 2.32. The molecule has 0 fully saturated rings. The van der Waals surface area contributed by atoms with Crippen molar-refractivity contribution in [2.45, 2.75) is 13.0 Å². The summed E-state index contributed by atoms with van der Waals surface area (Å²) in [4.78, 5) is 5.42. The zero-order valence-corrected chi connectivity index (χ0v) is 11.7. The molecular weight excluding hydrogens is 308 g/mol. The van der Waals surface area contributed by atoms with Crippen molar-refractivity contribution < 1.29 is 0 Å². The number of hydrogen-bond donors (Lipinski definition) is 1. The lowest BCUT2D eigenvalue weighted by Gasteiger charge is -2.00. The molecule has 2 N–H and O–H groups in total. The fourth-order valence-corrected chi connectivity index (χ4v) is 2.55. The molecule has 2 aromatic rings. The molecule has 1 unspecified atom stereocenters. The van der Waals surface area contributed by atoms with Gasteiger partial charge in [-0.1, -0.05) is 17.7 Å². The lowest BCUT2D eigenvalue weighted by Crippen LogP contribution is -2.01. The molecule has 0 spiro atoms. The Morgan fingerprint density at radius 2 is 2.25 bits per heavy atom. The number of hydrogen-bond acceptors (Lipinski definition) is 3. The van der Waals surface area contributed by atoms with Crippen molar-refractivity contribution in [3.05, 3.63) is 38.8 Å². The summed E-state index contributed by atoms with van der Waals surface area (Å²) < 4.78 is 0.891. The van der Waals surface area contributed by atoms with Crippen LogP contribution >= 0.6 is 38.9 Å². The SMILES string of the molecule is CC(N)c1cnc(-c2ccc(Br)c(Cl)c2)s1. The first-order valence-electron chi connectivity index (χ1n) is 4.74. The van der Waals surface area contributed by atoms with Crippen molar-refractivity contribution in [3.63, 3.8) is 0 Å². The van der Waals surface area contributed by atoms with Gasteiger partial charge in [0.2, 0.25) is 0 Å². The van der Waals surface area contributed by atoms with Crippen molar-refractivity contribution >= 4 is 38.9 Å². The van der Waals surface area contributed by atoms with E-state index in [1.54, 1.807) is 11.3 Å². The van der Waals surface area contributed by atoms with Crippen LogP contribution < -0.4 is 5.73 Å².